The monoisotopic (exact) mass is 515 g/mol. The molecule has 1 amide bonds. The van der Waals surface area contributed by atoms with Crippen molar-refractivity contribution in [3.63, 3.8) is 0 Å². The fourth-order valence-corrected chi connectivity index (χ4v) is 4.77. The first kappa shape index (κ1) is 24.6. The molecule has 0 radical (unpaired) electrons. The molecular weight excluding hydrogens is 490 g/mol. The van der Waals surface area contributed by atoms with Crippen molar-refractivity contribution in [1.29, 1.82) is 0 Å². The molecule has 1 N–H and O–H groups in total. The van der Waals surface area contributed by atoms with Crippen molar-refractivity contribution in [1.82, 2.24) is 9.55 Å². The first-order chi connectivity index (χ1) is 17.9. The van der Waals surface area contributed by atoms with Gasteiger partial charge in [-0.25, -0.2) is 9.78 Å². The summed E-state index contributed by atoms with van der Waals surface area (Å²) in [5, 5.41) is 3.29. The van der Waals surface area contributed by atoms with E-state index in [2.05, 4.69) is 10.3 Å². The summed E-state index contributed by atoms with van der Waals surface area (Å²) in [6.07, 6.45) is 3.70. The molecule has 0 spiro atoms. The maximum absolute atomic E-state index is 12.5. The van der Waals surface area contributed by atoms with Gasteiger partial charge in [-0.2, -0.15) is 0 Å². The van der Waals surface area contributed by atoms with Gasteiger partial charge in [-0.3, -0.25) is 14.7 Å². The number of esters is 1. The van der Waals surface area contributed by atoms with Gasteiger partial charge in [0, 0.05) is 16.3 Å². The Morgan fingerprint density at radius 3 is 2.27 bits per heavy atom. The van der Waals surface area contributed by atoms with Crippen LogP contribution in [0.1, 0.15) is 37.0 Å². The summed E-state index contributed by atoms with van der Waals surface area (Å²) in [6.45, 7) is 1.77. The Bertz CT molecular complexity index is 1430. The largest absolute Gasteiger partial charge is 0.468 e. The third kappa shape index (κ3) is 4.95. The number of ether oxygens (including phenoxy) is 2. The molecule has 1 saturated carbocycles. The van der Waals surface area contributed by atoms with Crippen LogP contribution in [0.5, 0.6) is 0 Å². The first-order valence-corrected chi connectivity index (χ1v) is 12.3. The van der Waals surface area contributed by atoms with Gasteiger partial charge in [0.05, 0.1) is 18.7 Å². The minimum absolute atomic E-state index is 0.170. The minimum atomic E-state index is -0.605. The van der Waals surface area contributed by atoms with E-state index in [1.807, 2.05) is 66.7 Å². The van der Waals surface area contributed by atoms with Crippen LogP contribution in [0.4, 0.5) is 10.6 Å². The maximum Gasteiger partial charge on any atom is 0.413 e. The van der Waals surface area contributed by atoms with Gasteiger partial charge in [-0.1, -0.05) is 66.2 Å². The Balaban J connectivity index is 1.27. The van der Waals surface area contributed by atoms with Gasteiger partial charge in [0.1, 0.15) is 18.2 Å². The van der Waals surface area contributed by atoms with Crippen LogP contribution in [0.25, 0.3) is 16.8 Å². The van der Waals surface area contributed by atoms with E-state index in [4.69, 9.17) is 21.1 Å². The summed E-state index contributed by atoms with van der Waals surface area (Å²) < 4.78 is 12.3. The summed E-state index contributed by atoms with van der Waals surface area (Å²) in [6, 6.07) is 23.2. The molecule has 37 heavy (non-hydrogen) atoms. The summed E-state index contributed by atoms with van der Waals surface area (Å²) in [7, 11) is 1.43. The lowest BCUT2D eigenvalue weighted by atomic mass is 9.94. The highest BCUT2D eigenvalue weighted by atomic mass is 35.5. The maximum atomic E-state index is 12.5. The van der Waals surface area contributed by atoms with E-state index >= 15 is 0 Å². The molecule has 0 bridgehead atoms. The van der Waals surface area contributed by atoms with Crippen LogP contribution >= 0.6 is 11.6 Å². The van der Waals surface area contributed by atoms with Crippen molar-refractivity contribution in [3.8, 4) is 16.8 Å². The molecule has 7 nitrogen and oxygen atoms in total. The number of imidazole rings is 1. The Kier molecular flexibility index (Phi) is 6.72. The van der Waals surface area contributed by atoms with Crippen LogP contribution in [0, 0.1) is 0 Å². The Morgan fingerprint density at radius 2 is 1.65 bits per heavy atom. The number of hydrogen-bond donors (Lipinski definition) is 1. The van der Waals surface area contributed by atoms with Gasteiger partial charge in [-0.15, -0.1) is 0 Å². The van der Waals surface area contributed by atoms with Crippen LogP contribution in [0.15, 0.2) is 85.3 Å². The summed E-state index contributed by atoms with van der Waals surface area (Å²) in [5.74, 6) is 0.308. The van der Waals surface area contributed by atoms with E-state index in [1.165, 1.54) is 7.11 Å². The summed E-state index contributed by atoms with van der Waals surface area (Å²) in [5.41, 5.74) is 4.14. The number of rotatable bonds is 7. The third-order valence-electron chi connectivity index (χ3n) is 6.74. The number of aromatic nitrogens is 2. The zero-order valence-corrected chi connectivity index (χ0v) is 21.2. The molecule has 0 aliphatic heterocycles. The fourth-order valence-electron chi connectivity index (χ4n) is 4.48. The van der Waals surface area contributed by atoms with Gasteiger partial charge in [0.2, 0.25) is 0 Å². The molecule has 188 valence electrons. The second-order valence-corrected chi connectivity index (χ2v) is 9.45. The number of nitrogens with one attached hydrogen (secondary N) is 1. The molecule has 3 aromatic carbocycles. The SMILES string of the molecule is COC(=O)C1(c2ccc(-c3ccc(-n4cncc4NC(=O)O[C@H](C)c4ccccc4Cl)cc3)cc2)CC1. The van der Waals surface area contributed by atoms with Crippen LogP contribution in [0.2, 0.25) is 5.02 Å². The number of nitrogens with zero attached hydrogens (tertiary/aromatic N) is 2. The van der Waals surface area contributed by atoms with E-state index in [0.29, 0.717) is 10.8 Å². The van der Waals surface area contributed by atoms with Crippen LogP contribution in [-0.2, 0) is 19.7 Å². The van der Waals surface area contributed by atoms with Crippen molar-refractivity contribution >= 4 is 29.5 Å². The molecule has 8 heteroatoms. The van der Waals surface area contributed by atoms with Crippen molar-refractivity contribution in [2.75, 3.05) is 12.4 Å². The van der Waals surface area contributed by atoms with Gasteiger partial charge in [0.15, 0.2) is 0 Å². The summed E-state index contributed by atoms with van der Waals surface area (Å²) in [4.78, 5) is 28.9. The Hall–Kier alpha value is -4.10. The van der Waals surface area contributed by atoms with E-state index in [1.54, 1.807) is 30.1 Å². The molecule has 0 unspecified atom stereocenters. The molecule has 0 saturated heterocycles. The molecule has 4 aromatic rings. The number of carbonyl (C=O) groups is 2. The standard InChI is InChI=1S/C29H26ClN3O4/c1-19(24-5-3-4-6-25(24)30)37-28(35)32-26-17-31-18-33(26)23-13-9-21(10-14-23)20-7-11-22(12-8-20)29(15-16-29)27(34)36-2/h3-14,17-19H,15-16H2,1-2H3,(H,32,35)/t19-/m1/s1. The van der Waals surface area contributed by atoms with Gasteiger partial charge >= 0.3 is 12.1 Å². The van der Waals surface area contributed by atoms with Gasteiger partial charge < -0.3 is 9.47 Å². The molecule has 1 atom stereocenters. The molecule has 1 aliphatic rings. The average Bonchev–Trinajstić information content (AvgIpc) is 3.61. The predicted octanol–water partition coefficient (Wildman–Crippen LogP) is 6.71. The van der Waals surface area contributed by atoms with Crippen molar-refractivity contribution < 1.29 is 19.1 Å². The fraction of sp³-hybridized carbons (Fsp3) is 0.207. The van der Waals surface area contributed by atoms with Crippen LogP contribution in [0.3, 0.4) is 0 Å². The molecule has 1 aromatic heterocycles. The van der Waals surface area contributed by atoms with Gasteiger partial charge in [-0.05, 0) is 54.7 Å². The van der Waals surface area contributed by atoms with E-state index < -0.39 is 17.6 Å². The molecule has 5 rings (SSSR count). The second kappa shape index (κ2) is 10.1. The zero-order chi connectivity index (χ0) is 26.0. The van der Waals surface area contributed by atoms with E-state index in [9.17, 15) is 9.59 Å². The highest BCUT2D eigenvalue weighted by molar-refractivity contribution is 6.31. The van der Waals surface area contributed by atoms with Crippen molar-refractivity contribution in [2.24, 2.45) is 0 Å². The number of benzene rings is 3. The number of hydrogen-bond acceptors (Lipinski definition) is 5. The highest BCUT2D eigenvalue weighted by Gasteiger charge is 2.52. The lowest BCUT2D eigenvalue weighted by molar-refractivity contribution is -0.143. The quantitative estimate of drug-likeness (QED) is 0.277. The Morgan fingerprint density at radius 1 is 1.00 bits per heavy atom. The molecule has 1 fully saturated rings. The van der Waals surface area contributed by atoms with E-state index in [-0.39, 0.29) is 5.97 Å². The second-order valence-electron chi connectivity index (χ2n) is 9.04. The summed E-state index contributed by atoms with van der Waals surface area (Å²) >= 11 is 6.21. The number of anilines is 1. The highest BCUT2D eigenvalue weighted by Crippen LogP contribution is 2.49. The Labute approximate surface area is 220 Å². The normalized spacial score (nSPS) is 14.5. The molecule has 1 heterocycles. The smallest absolute Gasteiger partial charge is 0.413 e. The lowest BCUT2D eigenvalue weighted by Gasteiger charge is -2.16. The predicted molar refractivity (Wildman–Crippen MR) is 142 cm³/mol. The zero-order valence-electron chi connectivity index (χ0n) is 20.5. The third-order valence-corrected chi connectivity index (χ3v) is 7.08. The molecule has 1 aliphatic carbocycles. The lowest BCUT2D eigenvalue weighted by Crippen LogP contribution is -2.21. The van der Waals surface area contributed by atoms with Crippen molar-refractivity contribution in [2.45, 2.75) is 31.3 Å². The number of amides is 1. The van der Waals surface area contributed by atoms with E-state index in [0.717, 1.165) is 40.8 Å². The van der Waals surface area contributed by atoms with Crippen LogP contribution < -0.4 is 5.32 Å². The average molecular weight is 516 g/mol. The topological polar surface area (TPSA) is 82.5 Å². The number of carbonyl (C=O) groups excluding carboxylic acids is 2. The molecular formula is C29H26ClN3O4. The first-order valence-electron chi connectivity index (χ1n) is 12.0. The van der Waals surface area contributed by atoms with Gasteiger partial charge in [0.25, 0.3) is 0 Å². The number of halogens is 1. The minimum Gasteiger partial charge on any atom is -0.468 e. The number of methoxy groups -OCH3 is 1. The van der Waals surface area contributed by atoms with Crippen molar-refractivity contribution in [3.05, 3.63) is 101 Å². The van der Waals surface area contributed by atoms with Crippen LogP contribution in [-0.4, -0.2) is 28.7 Å².